The molecule has 3 heterocycles. The molecule has 3 rings (SSSR count). The molecule has 0 unspecified atom stereocenters. The molecule has 78 valence electrons. The van der Waals surface area contributed by atoms with E-state index in [1.54, 1.807) is 16.9 Å². The van der Waals surface area contributed by atoms with Crippen molar-refractivity contribution in [3.8, 4) is 0 Å². The maximum Gasteiger partial charge on any atom is 0.153 e. The maximum atomic E-state index is 4.41. The number of hydrogen-bond donors (Lipinski definition) is 0. The molecule has 16 heavy (non-hydrogen) atoms. The van der Waals surface area contributed by atoms with Gasteiger partial charge in [-0.1, -0.05) is 6.07 Å². The van der Waals surface area contributed by atoms with Gasteiger partial charge < -0.3 is 0 Å². The number of rotatable bonds is 2. The van der Waals surface area contributed by atoms with Crippen molar-refractivity contribution in [3.05, 3.63) is 48.9 Å². The van der Waals surface area contributed by atoms with Crippen LogP contribution < -0.4 is 0 Å². The summed E-state index contributed by atoms with van der Waals surface area (Å²) < 4.78 is 1.76. The predicted octanol–water partition coefficient (Wildman–Crippen LogP) is 2.28. The zero-order valence-electron chi connectivity index (χ0n) is 8.32. The van der Waals surface area contributed by atoms with Gasteiger partial charge in [0.15, 0.2) is 5.65 Å². The predicted molar refractivity (Wildman–Crippen MR) is 61.3 cm³/mol. The SMILES string of the molecule is c1ccc(Sc2ccc3nccn3n2)nc1. The standard InChI is InChI=1S/C11H8N4S/c1-2-6-13-10(3-1)16-11-5-4-9-12-7-8-15(9)14-11/h1-8H. The van der Waals surface area contributed by atoms with Gasteiger partial charge in [-0.2, -0.15) is 5.10 Å². The normalized spacial score (nSPS) is 10.8. The molecule has 0 bridgehead atoms. The first kappa shape index (κ1) is 9.35. The van der Waals surface area contributed by atoms with Crippen LogP contribution in [0.1, 0.15) is 0 Å². The van der Waals surface area contributed by atoms with Crippen molar-refractivity contribution in [2.24, 2.45) is 0 Å². The first-order valence-corrected chi connectivity index (χ1v) is 5.63. The van der Waals surface area contributed by atoms with E-state index >= 15 is 0 Å². The van der Waals surface area contributed by atoms with Crippen molar-refractivity contribution in [1.29, 1.82) is 0 Å². The second kappa shape index (κ2) is 3.94. The van der Waals surface area contributed by atoms with E-state index in [9.17, 15) is 0 Å². The number of pyridine rings is 1. The van der Waals surface area contributed by atoms with Crippen molar-refractivity contribution < 1.29 is 0 Å². The fraction of sp³-hybridized carbons (Fsp3) is 0. The summed E-state index contributed by atoms with van der Waals surface area (Å²) in [6.07, 6.45) is 5.34. The van der Waals surface area contributed by atoms with Gasteiger partial charge in [-0.3, -0.25) is 0 Å². The molecule has 0 amide bonds. The molecular weight excluding hydrogens is 220 g/mol. The number of nitrogens with zero attached hydrogens (tertiary/aromatic N) is 4. The molecule has 3 aromatic heterocycles. The Morgan fingerprint density at radius 3 is 2.81 bits per heavy atom. The second-order valence-electron chi connectivity index (χ2n) is 3.17. The van der Waals surface area contributed by atoms with Crippen molar-refractivity contribution in [1.82, 2.24) is 19.6 Å². The van der Waals surface area contributed by atoms with Crippen molar-refractivity contribution >= 4 is 17.4 Å². The number of aromatic nitrogens is 4. The molecule has 0 aliphatic carbocycles. The Morgan fingerprint density at radius 1 is 0.938 bits per heavy atom. The van der Waals surface area contributed by atoms with E-state index in [1.165, 1.54) is 11.8 Å². The zero-order valence-corrected chi connectivity index (χ0v) is 9.13. The van der Waals surface area contributed by atoms with Gasteiger partial charge in [0.1, 0.15) is 10.1 Å². The van der Waals surface area contributed by atoms with E-state index in [0.717, 1.165) is 15.7 Å². The van der Waals surface area contributed by atoms with E-state index < -0.39 is 0 Å². The Kier molecular flexibility index (Phi) is 2.30. The largest absolute Gasteiger partial charge is 0.250 e. The first-order chi connectivity index (χ1) is 7.92. The highest BCUT2D eigenvalue weighted by molar-refractivity contribution is 7.99. The van der Waals surface area contributed by atoms with Crippen LogP contribution in [0.4, 0.5) is 0 Å². The lowest BCUT2D eigenvalue weighted by molar-refractivity contribution is 0.857. The van der Waals surface area contributed by atoms with Crippen LogP contribution in [0, 0.1) is 0 Å². The molecule has 0 saturated carbocycles. The van der Waals surface area contributed by atoms with Crippen molar-refractivity contribution in [2.45, 2.75) is 10.1 Å². The van der Waals surface area contributed by atoms with Crippen LogP contribution >= 0.6 is 11.8 Å². The Hall–Kier alpha value is -1.88. The Balaban J connectivity index is 1.94. The monoisotopic (exact) mass is 228 g/mol. The molecular formula is C11H8N4S. The number of hydrogen-bond acceptors (Lipinski definition) is 4. The lowest BCUT2D eigenvalue weighted by Gasteiger charge is -1.99. The Bertz CT molecular complexity index is 605. The molecule has 0 atom stereocenters. The van der Waals surface area contributed by atoms with Gasteiger partial charge in [-0.25, -0.2) is 14.5 Å². The summed E-state index contributed by atoms with van der Waals surface area (Å²) in [4.78, 5) is 8.38. The molecule has 5 heteroatoms. The third-order valence-electron chi connectivity index (χ3n) is 2.08. The van der Waals surface area contributed by atoms with E-state index in [-0.39, 0.29) is 0 Å². The van der Waals surface area contributed by atoms with Crippen LogP contribution in [0.3, 0.4) is 0 Å². The molecule has 0 aliphatic rings. The van der Waals surface area contributed by atoms with E-state index in [2.05, 4.69) is 15.1 Å². The van der Waals surface area contributed by atoms with Gasteiger partial charge in [0.25, 0.3) is 0 Å². The Morgan fingerprint density at radius 2 is 1.94 bits per heavy atom. The van der Waals surface area contributed by atoms with Gasteiger partial charge >= 0.3 is 0 Å². The average molecular weight is 228 g/mol. The van der Waals surface area contributed by atoms with Gasteiger partial charge in [0, 0.05) is 18.6 Å². The van der Waals surface area contributed by atoms with Gasteiger partial charge in [0.05, 0.1) is 0 Å². The van der Waals surface area contributed by atoms with Crippen LogP contribution in [0.5, 0.6) is 0 Å². The summed E-state index contributed by atoms with van der Waals surface area (Å²) in [7, 11) is 0. The fourth-order valence-electron chi connectivity index (χ4n) is 1.37. The summed E-state index contributed by atoms with van der Waals surface area (Å²) in [5.41, 5.74) is 0.852. The fourth-order valence-corrected chi connectivity index (χ4v) is 2.11. The van der Waals surface area contributed by atoms with Crippen LogP contribution in [-0.2, 0) is 0 Å². The minimum Gasteiger partial charge on any atom is -0.250 e. The first-order valence-electron chi connectivity index (χ1n) is 4.81. The summed E-state index contributed by atoms with van der Waals surface area (Å²) in [5, 5.41) is 6.25. The van der Waals surface area contributed by atoms with Gasteiger partial charge in [-0.05, 0) is 36.0 Å². The summed E-state index contributed by atoms with van der Waals surface area (Å²) in [5.74, 6) is 0. The van der Waals surface area contributed by atoms with Crippen molar-refractivity contribution in [2.75, 3.05) is 0 Å². The molecule has 0 N–H and O–H groups in total. The summed E-state index contributed by atoms with van der Waals surface area (Å²) in [6.45, 7) is 0. The summed E-state index contributed by atoms with van der Waals surface area (Å²) in [6, 6.07) is 9.71. The van der Waals surface area contributed by atoms with Crippen LogP contribution in [0.2, 0.25) is 0 Å². The maximum absolute atomic E-state index is 4.41. The highest BCUT2D eigenvalue weighted by Crippen LogP contribution is 2.23. The third-order valence-corrected chi connectivity index (χ3v) is 2.96. The minimum absolute atomic E-state index is 0.852. The molecule has 4 nitrogen and oxygen atoms in total. The molecule has 0 aliphatic heterocycles. The average Bonchev–Trinajstić information content (AvgIpc) is 2.77. The van der Waals surface area contributed by atoms with E-state index in [1.807, 2.05) is 36.5 Å². The second-order valence-corrected chi connectivity index (χ2v) is 4.21. The van der Waals surface area contributed by atoms with Gasteiger partial charge in [0.2, 0.25) is 0 Å². The quantitative estimate of drug-likeness (QED) is 0.675. The van der Waals surface area contributed by atoms with Crippen LogP contribution in [0.15, 0.2) is 59.0 Å². The van der Waals surface area contributed by atoms with Crippen LogP contribution in [-0.4, -0.2) is 19.6 Å². The summed E-state index contributed by atoms with van der Waals surface area (Å²) >= 11 is 1.53. The van der Waals surface area contributed by atoms with Gasteiger partial charge in [-0.15, -0.1) is 0 Å². The van der Waals surface area contributed by atoms with Crippen molar-refractivity contribution in [3.63, 3.8) is 0 Å². The minimum atomic E-state index is 0.852. The molecule has 0 radical (unpaired) electrons. The topological polar surface area (TPSA) is 43.1 Å². The highest BCUT2D eigenvalue weighted by Gasteiger charge is 2.01. The molecule has 0 saturated heterocycles. The zero-order chi connectivity index (χ0) is 10.8. The molecule has 3 aromatic rings. The number of imidazole rings is 1. The number of fused-ring (bicyclic) bond motifs is 1. The highest BCUT2D eigenvalue weighted by atomic mass is 32.2. The Labute approximate surface area is 96.4 Å². The van der Waals surface area contributed by atoms with Crippen LogP contribution in [0.25, 0.3) is 5.65 Å². The van der Waals surface area contributed by atoms with E-state index in [0.29, 0.717) is 0 Å². The molecule has 0 fully saturated rings. The molecule has 0 aromatic carbocycles. The lowest BCUT2D eigenvalue weighted by atomic mass is 10.5. The molecule has 0 spiro atoms. The lowest BCUT2D eigenvalue weighted by Crippen LogP contribution is -1.91. The third kappa shape index (κ3) is 1.77. The van der Waals surface area contributed by atoms with E-state index in [4.69, 9.17) is 0 Å². The smallest absolute Gasteiger partial charge is 0.153 e.